The molecule has 0 unspecified atom stereocenters. The van der Waals surface area contributed by atoms with Crippen molar-refractivity contribution < 1.29 is 22.9 Å². The Hall–Kier alpha value is 0.210. The number of hydrogen-bond acceptors (Lipinski definition) is 1. The monoisotopic (exact) mass is 151 g/mol. The van der Waals surface area contributed by atoms with Crippen LogP contribution in [0.25, 0.3) is 0 Å². The van der Waals surface area contributed by atoms with E-state index in [2.05, 4.69) is 5.73 Å². The Morgan fingerprint density at radius 2 is 2.11 bits per heavy atom. The predicted molar refractivity (Wildman–Crippen MR) is 31.3 cm³/mol. The topological polar surface area (TPSA) is 36.9 Å². The summed E-state index contributed by atoms with van der Waals surface area (Å²) in [4.78, 5) is 0. The van der Waals surface area contributed by atoms with E-state index in [0.717, 1.165) is 0 Å². The van der Waals surface area contributed by atoms with E-state index in [1.165, 1.54) is 19.3 Å². The first-order valence-electron chi connectivity index (χ1n) is 3.20. The Bertz CT molecular complexity index is 79.5. The van der Waals surface area contributed by atoms with Crippen LogP contribution in [0.2, 0.25) is 0 Å². The largest absolute Gasteiger partial charge is 1.00 e. The third-order valence-corrected chi connectivity index (χ3v) is 1.89. The fraction of sp³-hybridized carbons (Fsp3) is 1.00. The van der Waals surface area contributed by atoms with Gasteiger partial charge in [0.1, 0.15) is 12.1 Å². The van der Waals surface area contributed by atoms with Gasteiger partial charge in [-0.1, -0.05) is 0 Å². The van der Waals surface area contributed by atoms with Gasteiger partial charge < -0.3 is 22.9 Å². The molecule has 0 amide bonds. The lowest BCUT2D eigenvalue weighted by molar-refractivity contribution is -0.433. The van der Waals surface area contributed by atoms with Crippen molar-refractivity contribution in [3.63, 3.8) is 0 Å². The first kappa shape index (κ1) is 9.21. The Kier molecular flexibility index (Phi) is 4.19. The van der Waals surface area contributed by atoms with E-state index in [9.17, 15) is 0 Å². The van der Waals surface area contributed by atoms with Gasteiger partial charge in [0.25, 0.3) is 0 Å². The molecule has 3 heteroatoms. The molecule has 1 aliphatic carbocycles. The molecule has 0 heterocycles. The van der Waals surface area contributed by atoms with E-state index in [4.69, 9.17) is 4.74 Å². The van der Waals surface area contributed by atoms with E-state index >= 15 is 0 Å². The minimum atomic E-state index is 0. The average molecular weight is 152 g/mol. The number of halogens is 1. The zero-order valence-electron chi connectivity index (χ0n) is 5.77. The molecule has 1 saturated carbocycles. The molecule has 0 spiro atoms. The van der Waals surface area contributed by atoms with Gasteiger partial charge in [-0.3, -0.25) is 0 Å². The van der Waals surface area contributed by atoms with Gasteiger partial charge in [0.05, 0.1) is 0 Å². The van der Waals surface area contributed by atoms with Gasteiger partial charge in [0.15, 0.2) is 0 Å². The van der Waals surface area contributed by atoms with Gasteiger partial charge in [0, 0.05) is 13.5 Å². The molecule has 0 aromatic rings. The number of ether oxygens (including phenoxy) is 1. The molecule has 56 valence electrons. The van der Waals surface area contributed by atoms with E-state index in [-0.39, 0.29) is 12.4 Å². The third-order valence-electron chi connectivity index (χ3n) is 1.89. The van der Waals surface area contributed by atoms with Crippen LogP contribution in [0.4, 0.5) is 0 Å². The van der Waals surface area contributed by atoms with Crippen molar-refractivity contribution >= 4 is 0 Å². The minimum Gasteiger partial charge on any atom is -1.00 e. The van der Waals surface area contributed by atoms with Gasteiger partial charge in [-0.05, 0) is 12.8 Å². The van der Waals surface area contributed by atoms with E-state index < -0.39 is 0 Å². The lowest BCUT2D eigenvalue weighted by Crippen LogP contribution is -3.00. The summed E-state index contributed by atoms with van der Waals surface area (Å²) in [5, 5.41) is 0. The van der Waals surface area contributed by atoms with Crippen molar-refractivity contribution in [2.75, 3.05) is 7.11 Å². The second kappa shape index (κ2) is 4.09. The van der Waals surface area contributed by atoms with Crippen molar-refractivity contribution in [1.82, 2.24) is 0 Å². The molecule has 0 aromatic carbocycles. The van der Waals surface area contributed by atoms with Crippen LogP contribution in [0, 0.1) is 0 Å². The minimum absolute atomic E-state index is 0. The zero-order chi connectivity index (χ0) is 5.98. The third kappa shape index (κ3) is 2.12. The molecule has 2 atom stereocenters. The van der Waals surface area contributed by atoms with Crippen LogP contribution in [0.5, 0.6) is 0 Å². The molecule has 0 aromatic heterocycles. The SMILES string of the molecule is CO[C@@H]1CCC[C@@H]1[NH3+].[Cl-]. The summed E-state index contributed by atoms with van der Waals surface area (Å²) in [7, 11) is 1.77. The molecule has 9 heavy (non-hydrogen) atoms. The van der Waals surface area contributed by atoms with Crippen LogP contribution in [0.3, 0.4) is 0 Å². The molecule has 0 radical (unpaired) electrons. The highest BCUT2D eigenvalue weighted by atomic mass is 35.5. The van der Waals surface area contributed by atoms with Gasteiger partial charge in [-0.15, -0.1) is 0 Å². The first-order valence-corrected chi connectivity index (χ1v) is 3.20. The lowest BCUT2D eigenvalue weighted by Gasteiger charge is -2.08. The van der Waals surface area contributed by atoms with E-state index in [0.29, 0.717) is 12.1 Å². The highest BCUT2D eigenvalue weighted by molar-refractivity contribution is 4.74. The fourth-order valence-corrected chi connectivity index (χ4v) is 1.31. The average Bonchev–Trinajstić information content (AvgIpc) is 2.14. The Balaban J connectivity index is 0.000000640. The molecular weight excluding hydrogens is 138 g/mol. The second-order valence-electron chi connectivity index (χ2n) is 2.47. The summed E-state index contributed by atoms with van der Waals surface area (Å²) in [6.45, 7) is 0. The highest BCUT2D eigenvalue weighted by Crippen LogP contribution is 2.17. The van der Waals surface area contributed by atoms with Crippen LogP contribution >= 0.6 is 0 Å². The number of quaternary nitrogens is 1. The maximum atomic E-state index is 5.16. The van der Waals surface area contributed by atoms with Crippen LogP contribution < -0.4 is 18.1 Å². The second-order valence-corrected chi connectivity index (χ2v) is 2.47. The molecule has 2 nitrogen and oxygen atoms in total. The molecule has 1 rings (SSSR count). The molecule has 0 bridgehead atoms. The standard InChI is InChI=1S/C6H13NO.ClH/c1-8-6-4-2-3-5(6)7;/h5-6H,2-4,7H2,1H3;1H/t5-,6+;/m0./s1. The smallest absolute Gasteiger partial charge is 0.111 e. The molecular formula is C6H14ClNO. The summed E-state index contributed by atoms with van der Waals surface area (Å²) in [6.07, 6.45) is 4.21. The molecule has 3 N–H and O–H groups in total. The number of rotatable bonds is 1. The number of hydrogen-bond donors (Lipinski definition) is 1. The van der Waals surface area contributed by atoms with Gasteiger partial charge in [0.2, 0.25) is 0 Å². The van der Waals surface area contributed by atoms with Crippen molar-refractivity contribution in [1.29, 1.82) is 0 Å². The quantitative estimate of drug-likeness (QED) is 0.421. The summed E-state index contributed by atoms with van der Waals surface area (Å²) in [5.41, 5.74) is 3.96. The summed E-state index contributed by atoms with van der Waals surface area (Å²) in [5.74, 6) is 0. The van der Waals surface area contributed by atoms with Crippen LogP contribution in [-0.4, -0.2) is 19.3 Å². The molecule has 1 aliphatic rings. The Morgan fingerprint density at radius 1 is 1.44 bits per heavy atom. The fourth-order valence-electron chi connectivity index (χ4n) is 1.31. The van der Waals surface area contributed by atoms with Crippen molar-refractivity contribution in [2.45, 2.75) is 31.4 Å². The highest BCUT2D eigenvalue weighted by Gasteiger charge is 2.26. The van der Waals surface area contributed by atoms with Crippen molar-refractivity contribution in [3.05, 3.63) is 0 Å². The maximum Gasteiger partial charge on any atom is 0.111 e. The first-order chi connectivity index (χ1) is 3.84. The zero-order valence-corrected chi connectivity index (χ0v) is 6.53. The van der Waals surface area contributed by atoms with E-state index in [1.54, 1.807) is 7.11 Å². The van der Waals surface area contributed by atoms with Gasteiger partial charge >= 0.3 is 0 Å². The van der Waals surface area contributed by atoms with Crippen LogP contribution in [-0.2, 0) is 4.74 Å². The molecule has 0 saturated heterocycles. The van der Waals surface area contributed by atoms with Gasteiger partial charge in [-0.25, -0.2) is 0 Å². The van der Waals surface area contributed by atoms with E-state index in [1.807, 2.05) is 0 Å². The van der Waals surface area contributed by atoms with Gasteiger partial charge in [-0.2, -0.15) is 0 Å². The van der Waals surface area contributed by atoms with Crippen molar-refractivity contribution in [3.8, 4) is 0 Å². The molecule has 1 fully saturated rings. The lowest BCUT2D eigenvalue weighted by atomic mass is 10.2. The predicted octanol–water partition coefficient (Wildman–Crippen LogP) is -3.20. The normalized spacial score (nSPS) is 34.0. The Labute approximate surface area is 62.2 Å². The summed E-state index contributed by atoms with van der Waals surface area (Å²) < 4.78 is 5.16. The summed E-state index contributed by atoms with van der Waals surface area (Å²) >= 11 is 0. The maximum absolute atomic E-state index is 5.16. The van der Waals surface area contributed by atoms with Crippen LogP contribution in [0.15, 0.2) is 0 Å². The number of methoxy groups -OCH3 is 1. The summed E-state index contributed by atoms with van der Waals surface area (Å²) in [6, 6.07) is 0.556. The van der Waals surface area contributed by atoms with Crippen molar-refractivity contribution in [2.24, 2.45) is 0 Å². The molecule has 0 aliphatic heterocycles. The van der Waals surface area contributed by atoms with Crippen LogP contribution in [0.1, 0.15) is 19.3 Å². The Morgan fingerprint density at radius 3 is 2.33 bits per heavy atom.